The maximum absolute atomic E-state index is 12.6. The summed E-state index contributed by atoms with van der Waals surface area (Å²) in [4.78, 5) is 22.5. The van der Waals surface area contributed by atoms with Crippen LogP contribution in [0.5, 0.6) is 0 Å². The van der Waals surface area contributed by atoms with Crippen molar-refractivity contribution in [3.8, 4) is 0 Å². The molecular weight excluding hydrogens is 697 g/mol. The lowest BCUT2D eigenvalue weighted by molar-refractivity contribution is -0.154. The molecule has 9 heteroatoms. The van der Waals surface area contributed by atoms with E-state index in [0.29, 0.717) is 13.0 Å². The van der Waals surface area contributed by atoms with Crippen molar-refractivity contribution in [1.82, 2.24) is 0 Å². The lowest BCUT2D eigenvalue weighted by Crippen LogP contribution is -2.28. The van der Waals surface area contributed by atoms with Crippen molar-refractivity contribution in [3.63, 3.8) is 0 Å². The topological polar surface area (TPSA) is 117 Å². The molecule has 0 bridgehead atoms. The van der Waals surface area contributed by atoms with Crippen LogP contribution in [0, 0.1) is 0 Å². The molecule has 0 amide bonds. The molecule has 0 saturated carbocycles. The molecule has 0 aliphatic heterocycles. The van der Waals surface area contributed by atoms with Gasteiger partial charge in [0, 0.05) is 19.6 Å². The summed E-state index contributed by atoms with van der Waals surface area (Å²) in [5.41, 5.74) is 5.38. The number of ether oxygens (including phenoxy) is 2. The number of phosphoric ester groups is 1. The van der Waals surface area contributed by atoms with Crippen LogP contribution in [0.25, 0.3) is 0 Å². The average Bonchev–Trinajstić information content (AvgIpc) is 3.16. The molecule has 0 heterocycles. The molecule has 54 heavy (non-hydrogen) atoms. The van der Waals surface area contributed by atoms with Gasteiger partial charge in [-0.2, -0.15) is 0 Å². The van der Waals surface area contributed by atoms with Crippen LogP contribution < -0.4 is 5.73 Å². The first-order valence-corrected chi connectivity index (χ1v) is 24.7. The Morgan fingerprint density at radius 3 is 1.35 bits per heavy atom. The zero-order chi connectivity index (χ0) is 39.5. The van der Waals surface area contributed by atoms with E-state index in [-0.39, 0.29) is 32.3 Å². The van der Waals surface area contributed by atoms with Gasteiger partial charge in [0.2, 0.25) is 0 Å². The predicted molar refractivity (Wildman–Crippen MR) is 229 cm³/mol. The Labute approximate surface area is 334 Å². The normalized spacial score (nSPS) is 13.5. The number of hydrogen-bond acceptors (Lipinski definition) is 7. The predicted octanol–water partition coefficient (Wildman–Crippen LogP) is 13.9. The number of esters is 1. The van der Waals surface area contributed by atoms with Crippen LogP contribution in [0.4, 0.5) is 0 Å². The number of phosphoric acid groups is 1. The highest BCUT2D eigenvalue weighted by molar-refractivity contribution is 7.47. The molecule has 0 saturated heterocycles. The highest BCUT2D eigenvalue weighted by atomic mass is 31.2. The fourth-order valence-electron chi connectivity index (χ4n) is 6.76. The molecule has 1 unspecified atom stereocenters. The van der Waals surface area contributed by atoms with E-state index in [4.69, 9.17) is 24.3 Å². The second-order valence-electron chi connectivity index (χ2n) is 15.6. The van der Waals surface area contributed by atoms with Gasteiger partial charge in [-0.1, -0.05) is 199 Å². The van der Waals surface area contributed by atoms with Gasteiger partial charge in [0.1, 0.15) is 6.10 Å². The quantitative estimate of drug-likeness (QED) is 0.0271. The van der Waals surface area contributed by atoms with Gasteiger partial charge in [-0.05, 0) is 38.5 Å². The number of allylic oxidation sites excluding steroid dienone is 2. The van der Waals surface area contributed by atoms with Crippen molar-refractivity contribution in [2.45, 2.75) is 238 Å². The molecule has 0 aromatic carbocycles. The van der Waals surface area contributed by atoms with Gasteiger partial charge in [0.25, 0.3) is 0 Å². The summed E-state index contributed by atoms with van der Waals surface area (Å²) in [6.45, 7) is 4.97. The number of unbranched alkanes of at least 4 members (excludes halogenated alkanes) is 30. The Balaban J connectivity index is 3.97. The van der Waals surface area contributed by atoms with Gasteiger partial charge in [-0.15, -0.1) is 0 Å². The number of nitrogens with two attached hydrogens (primary N) is 1. The van der Waals surface area contributed by atoms with Gasteiger partial charge in [0.05, 0.1) is 19.8 Å². The zero-order valence-corrected chi connectivity index (χ0v) is 36.6. The average molecular weight is 788 g/mol. The van der Waals surface area contributed by atoms with Crippen LogP contribution in [-0.2, 0) is 27.9 Å². The van der Waals surface area contributed by atoms with E-state index in [1.165, 1.54) is 180 Å². The summed E-state index contributed by atoms with van der Waals surface area (Å²) in [6.07, 6.45) is 46.6. The molecule has 0 aliphatic rings. The summed E-state index contributed by atoms with van der Waals surface area (Å²) < 4.78 is 33.5. The van der Waals surface area contributed by atoms with E-state index in [9.17, 15) is 14.3 Å². The van der Waals surface area contributed by atoms with Crippen molar-refractivity contribution < 1.29 is 32.8 Å². The van der Waals surface area contributed by atoms with Crippen LogP contribution in [0.2, 0.25) is 0 Å². The summed E-state index contributed by atoms with van der Waals surface area (Å²) >= 11 is 0. The second-order valence-corrected chi connectivity index (χ2v) is 17.1. The highest BCUT2D eigenvalue weighted by Gasteiger charge is 2.25. The van der Waals surface area contributed by atoms with Gasteiger partial charge in [-0.3, -0.25) is 13.8 Å². The van der Waals surface area contributed by atoms with E-state index >= 15 is 0 Å². The van der Waals surface area contributed by atoms with E-state index in [0.717, 1.165) is 32.1 Å². The fraction of sp³-hybridized carbons (Fsp3) is 0.933. The number of rotatable bonds is 45. The third-order valence-corrected chi connectivity index (χ3v) is 11.2. The molecule has 0 fully saturated rings. The van der Waals surface area contributed by atoms with Crippen LogP contribution in [0.15, 0.2) is 12.2 Å². The zero-order valence-electron chi connectivity index (χ0n) is 35.7. The molecule has 322 valence electrons. The minimum absolute atomic E-state index is 0.0928. The Kier molecular flexibility index (Phi) is 42.8. The number of carbonyl (C=O) groups is 1. The molecule has 8 nitrogen and oxygen atoms in total. The molecule has 0 aromatic rings. The summed E-state index contributed by atoms with van der Waals surface area (Å²) in [5.74, 6) is -0.330. The first-order chi connectivity index (χ1) is 26.4. The Morgan fingerprint density at radius 1 is 0.537 bits per heavy atom. The minimum Gasteiger partial charge on any atom is -0.457 e. The fourth-order valence-corrected chi connectivity index (χ4v) is 7.52. The number of carbonyl (C=O) groups excluding carboxylic acids is 1. The summed E-state index contributed by atoms with van der Waals surface area (Å²) in [6, 6.07) is 0. The van der Waals surface area contributed by atoms with Crippen molar-refractivity contribution >= 4 is 13.8 Å². The summed E-state index contributed by atoms with van der Waals surface area (Å²) in [7, 11) is -4.27. The molecule has 0 rings (SSSR count). The standard InChI is InChI=1S/C45H90NO7P/c1-3-5-7-9-11-13-15-17-19-21-22-23-24-26-28-30-32-34-36-38-45(47)53-44(43-52-54(48,49)51-41-39-46)42-50-40-37-35-33-31-29-27-25-20-18-16-14-12-10-8-6-4-2/h21-22,44H,3-20,23-43,46H2,1-2H3,(H,48,49)/b22-21-/t44-/m1/s1. The lowest BCUT2D eigenvalue weighted by Gasteiger charge is -2.20. The highest BCUT2D eigenvalue weighted by Crippen LogP contribution is 2.43. The maximum Gasteiger partial charge on any atom is 0.472 e. The lowest BCUT2D eigenvalue weighted by atomic mass is 10.0. The van der Waals surface area contributed by atoms with Gasteiger partial charge >= 0.3 is 13.8 Å². The van der Waals surface area contributed by atoms with Crippen LogP contribution in [0.3, 0.4) is 0 Å². The molecule has 0 radical (unpaired) electrons. The SMILES string of the molecule is CCCCCCCCCC/C=C\CCCCCCCCCC(=O)O[C@H](COCCCCCCCCCCCCCCCCCC)COP(=O)(O)OCCN. The van der Waals surface area contributed by atoms with Crippen molar-refractivity contribution in [1.29, 1.82) is 0 Å². The molecule has 0 spiro atoms. The molecular formula is C45H90NO7P. The van der Waals surface area contributed by atoms with Crippen LogP contribution in [0.1, 0.15) is 232 Å². The van der Waals surface area contributed by atoms with Crippen molar-refractivity contribution in [3.05, 3.63) is 12.2 Å². The first kappa shape index (κ1) is 53.2. The minimum atomic E-state index is -4.27. The van der Waals surface area contributed by atoms with E-state index in [1.807, 2.05) is 0 Å². The third kappa shape index (κ3) is 42.4. The smallest absolute Gasteiger partial charge is 0.457 e. The second kappa shape index (κ2) is 43.4. The van der Waals surface area contributed by atoms with Crippen LogP contribution >= 0.6 is 7.82 Å². The molecule has 3 N–H and O–H groups in total. The maximum atomic E-state index is 12.6. The monoisotopic (exact) mass is 788 g/mol. The first-order valence-electron chi connectivity index (χ1n) is 23.2. The summed E-state index contributed by atoms with van der Waals surface area (Å²) in [5, 5.41) is 0. The Morgan fingerprint density at radius 2 is 0.926 bits per heavy atom. The Hall–Kier alpha value is -0.760. The van der Waals surface area contributed by atoms with Crippen LogP contribution in [-0.4, -0.2) is 49.9 Å². The van der Waals surface area contributed by atoms with E-state index in [1.54, 1.807) is 0 Å². The van der Waals surface area contributed by atoms with Gasteiger partial charge < -0.3 is 20.1 Å². The molecule has 0 aliphatic carbocycles. The van der Waals surface area contributed by atoms with Gasteiger partial charge in [-0.25, -0.2) is 4.57 Å². The Bertz CT molecular complexity index is 843. The van der Waals surface area contributed by atoms with Crippen molar-refractivity contribution in [2.24, 2.45) is 5.73 Å². The molecule has 0 aromatic heterocycles. The van der Waals surface area contributed by atoms with Gasteiger partial charge in [0.15, 0.2) is 0 Å². The van der Waals surface area contributed by atoms with Crippen molar-refractivity contribution in [2.75, 3.05) is 33.0 Å². The third-order valence-electron chi connectivity index (χ3n) is 10.2. The van der Waals surface area contributed by atoms with E-state index in [2.05, 4.69) is 26.0 Å². The molecule has 2 atom stereocenters. The number of hydrogen-bond donors (Lipinski definition) is 2. The largest absolute Gasteiger partial charge is 0.472 e. The van der Waals surface area contributed by atoms with E-state index < -0.39 is 13.9 Å².